The molecule has 2 atom stereocenters. The van der Waals surface area contributed by atoms with Crippen molar-refractivity contribution in [2.24, 2.45) is 5.92 Å². The van der Waals surface area contributed by atoms with Gasteiger partial charge in [-0.3, -0.25) is 9.52 Å². The predicted molar refractivity (Wildman–Crippen MR) is 157 cm³/mol. The van der Waals surface area contributed by atoms with Crippen LogP contribution in [0.15, 0.2) is 23.8 Å². The highest BCUT2D eigenvalue weighted by molar-refractivity contribution is 7.93. The smallest absolute Gasteiger partial charge is 0.240 e. The monoisotopic (exact) mass is 633 g/mol. The zero-order chi connectivity index (χ0) is 30.9. The van der Waals surface area contributed by atoms with Crippen molar-refractivity contribution in [2.45, 2.75) is 50.7 Å². The molecule has 0 saturated carbocycles. The summed E-state index contributed by atoms with van der Waals surface area (Å²) in [5.41, 5.74) is -0.270. The normalized spacial score (nSPS) is 23.7. The van der Waals surface area contributed by atoms with E-state index in [0.717, 1.165) is 12.1 Å². The van der Waals surface area contributed by atoms with Crippen molar-refractivity contribution in [1.29, 1.82) is 0 Å². The molecule has 2 unspecified atom stereocenters. The highest BCUT2D eigenvalue weighted by Crippen LogP contribution is 2.32. The molecular weight excluding hydrogens is 588 g/mol. The van der Waals surface area contributed by atoms with Crippen molar-refractivity contribution in [2.75, 3.05) is 84.0 Å². The maximum Gasteiger partial charge on any atom is 0.240 e. The minimum Gasteiger partial charge on any atom is -0.379 e. The molecule has 0 aromatic heterocycles. The molecule has 1 fully saturated rings. The Bertz CT molecular complexity index is 1090. The van der Waals surface area contributed by atoms with E-state index >= 15 is 0 Å². The van der Waals surface area contributed by atoms with Gasteiger partial charge >= 0.3 is 0 Å². The van der Waals surface area contributed by atoms with Crippen molar-refractivity contribution < 1.29 is 50.4 Å². The molecule has 1 aromatic carbocycles. The van der Waals surface area contributed by atoms with E-state index in [2.05, 4.69) is 4.72 Å². The third kappa shape index (κ3) is 12.5. The fraction of sp³-hybridized carbons (Fsp3) is 0.700. The van der Waals surface area contributed by atoms with E-state index in [4.69, 9.17) is 28.4 Å². The van der Waals surface area contributed by atoms with Gasteiger partial charge in [-0.25, -0.2) is 17.2 Å². The van der Waals surface area contributed by atoms with Crippen LogP contribution in [0.3, 0.4) is 0 Å². The second kappa shape index (κ2) is 19.4. The molecule has 2 aliphatic rings. The number of Topliss-reactive ketones (excluding diaryl/α,β-unsaturated/α-hetero) is 1. The number of anilines is 1. The van der Waals surface area contributed by atoms with Crippen LogP contribution in [0.5, 0.6) is 0 Å². The van der Waals surface area contributed by atoms with Crippen LogP contribution in [-0.2, 0) is 43.2 Å². The SMILES string of the molecule is Cc1cc(F)c(NS(=O)(=O)C2CCCC=C2C(=O)C2CCCOCCOCCOCCOCCOCCOCC2)c(F)c1. The lowest BCUT2D eigenvalue weighted by molar-refractivity contribution is -0.120. The lowest BCUT2D eigenvalue weighted by atomic mass is 9.85. The first-order valence-corrected chi connectivity index (χ1v) is 16.5. The number of ketones is 1. The predicted octanol–water partition coefficient (Wildman–Crippen LogP) is 3.96. The Kier molecular flexibility index (Phi) is 16.0. The van der Waals surface area contributed by atoms with Crippen LogP contribution in [-0.4, -0.2) is 98.7 Å². The summed E-state index contributed by atoms with van der Waals surface area (Å²) in [7, 11) is -4.32. The van der Waals surface area contributed by atoms with Gasteiger partial charge in [0.25, 0.3) is 0 Å². The van der Waals surface area contributed by atoms with Gasteiger partial charge in [-0.15, -0.1) is 0 Å². The van der Waals surface area contributed by atoms with E-state index in [1.54, 1.807) is 6.08 Å². The van der Waals surface area contributed by atoms with Gasteiger partial charge in [-0.2, -0.15) is 0 Å². The first kappa shape index (κ1) is 35.5. The molecule has 1 saturated heterocycles. The average molecular weight is 634 g/mol. The second-order valence-electron chi connectivity index (χ2n) is 10.5. The summed E-state index contributed by atoms with van der Waals surface area (Å²) in [6.45, 7) is 6.41. The number of allylic oxidation sites excluding steroid dienone is 1. The summed E-state index contributed by atoms with van der Waals surface area (Å²) < 4.78 is 91.1. The quantitative estimate of drug-likeness (QED) is 0.514. The maximum atomic E-state index is 14.5. The van der Waals surface area contributed by atoms with E-state index in [1.807, 2.05) is 0 Å². The molecule has 0 radical (unpaired) electrons. The zero-order valence-electron chi connectivity index (χ0n) is 25.0. The molecule has 10 nitrogen and oxygen atoms in total. The number of aryl methyl sites for hydroxylation is 1. The van der Waals surface area contributed by atoms with Crippen LogP contribution in [0.4, 0.5) is 14.5 Å². The van der Waals surface area contributed by atoms with Gasteiger partial charge in [0.2, 0.25) is 10.0 Å². The third-order valence-electron chi connectivity index (χ3n) is 7.15. The Hall–Kier alpha value is -2.00. The summed E-state index contributed by atoms with van der Waals surface area (Å²) in [4.78, 5) is 13.8. The van der Waals surface area contributed by atoms with Gasteiger partial charge in [-0.1, -0.05) is 6.08 Å². The Morgan fingerprint density at radius 2 is 1.21 bits per heavy atom. The molecule has 13 heteroatoms. The number of nitrogens with one attached hydrogen (secondary N) is 1. The number of hydrogen-bond donors (Lipinski definition) is 1. The lowest BCUT2D eigenvalue weighted by Gasteiger charge is -2.27. The van der Waals surface area contributed by atoms with Crippen molar-refractivity contribution >= 4 is 21.5 Å². The summed E-state index contributed by atoms with van der Waals surface area (Å²) in [6.07, 6.45) is 4.30. The van der Waals surface area contributed by atoms with Gasteiger partial charge in [0.1, 0.15) is 10.9 Å². The minimum absolute atomic E-state index is 0.151. The molecule has 1 aliphatic carbocycles. The van der Waals surface area contributed by atoms with E-state index in [1.165, 1.54) is 6.92 Å². The largest absolute Gasteiger partial charge is 0.379 e. The highest BCUT2D eigenvalue weighted by Gasteiger charge is 2.37. The van der Waals surface area contributed by atoms with Crippen molar-refractivity contribution in [3.63, 3.8) is 0 Å². The number of benzene rings is 1. The molecule has 3 rings (SSSR count). The molecule has 43 heavy (non-hydrogen) atoms. The van der Waals surface area contributed by atoms with Gasteiger partial charge in [0.05, 0.1) is 66.1 Å². The van der Waals surface area contributed by atoms with Crippen LogP contribution < -0.4 is 4.72 Å². The Morgan fingerprint density at radius 3 is 1.74 bits per heavy atom. The minimum atomic E-state index is -4.32. The molecule has 1 N–H and O–H groups in total. The van der Waals surface area contributed by atoms with Crippen LogP contribution in [0.1, 0.15) is 44.1 Å². The Labute approximate surface area is 253 Å². The van der Waals surface area contributed by atoms with Crippen molar-refractivity contribution in [1.82, 2.24) is 0 Å². The molecule has 1 aliphatic heterocycles. The van der Waals surface area contributed by atoms with E-state index in [-0.39, 0.29) is 24.4 Å². The Morgan fingerprint density at radius 1 is 0.721 bits per heavy atom. The Balaban J connectivity index is 1.65. The van der Waals surface area contributed by atoms with Crippen LogP contribution >= 0.6 is 0 Å². The molecule has 244 valence electrons. The summed E-state index contributed by atoms with van der Waals surface area (Å²) in [6, 6.07) is 2.11. The fourth-order valence-corrected chi connectivity index (χ4v) is 6.59. The number of ether oxygens (including phenoxy) is 6. The topological polar surface area (TPSA) is 119 Å². The highest BCUT2D eigenvalue weighted by atomic mass is 32.2. The van der Waals surface area contributed by atoms with Crippen LogP contribution in [0.2, 0.25) is 0 Å². The van der Waals surface area contributed by atoms with Crippen LogP contribution in [0, 0.1) is 24.5 Å². The summed E-state index contributed by atoms with van der Waals surface area (Å²) in [5.74, 6) is -2.83. The van der Waals surface area contributed by atoms with Crippen molar-refractivity contribution in [3.05, 3.63) is 41.0 Å². The zero-order valence-corrected chi connectivity index (χ0v) is 25.8. The van der Waals surface area contributed by atoms with E-state index in [0.29, 0.717) is 110 Å². The third-order valence-corrected chi connectivity index (χ3v) is 8.88. The first-order valence-electron chi connectivity index (χ1n) is 15.0. The van der Waals surface area contributed by atoms with Gasteiger partial charge < -0.3 is 28.4 Å². The van der Waals surface area contributed by atoms with E-state index in [9.17, 15) is 22.0 Å². The molecule has 1 heterocycles. The number of hydrogen-bond acceptors (Lipinski definition) is 9. The van der Waals surface area contributed by atoms with Crippen molar-refractivity contribution in [3.8, 4) is 0 Å². The van der Waals surface area contributed by atoms with Gasteiger partial charge in [-0.05, 0) is 63.1 Å². The molecular formula is C30H45F2NO9S. The number of carbonyl (C=O) groups is 1. The van der Waals surface area contributed by atoms with E-state index < -0.39 is 38.5 Å². The molecule has 1 aromatic rings. The molecule has 0 spiro atoms. The van der Waals surface area contributed by atoms with Crippen LogP contribution in [0.25, 0.3) is 0 Å². The number of halogens is 2. The van der Waals surface area contributed by atoms with Gasteiger partial charge in [0, 0.05) is 24.7 Å². The summed E-state index contributed by atoms with van der Waals surface area (Å²) >= 11 is 0. The average Bonchev–Trinajstić information content (AvgIpc) is 2.98. The summed E-state index contributed by atoms with van der Waals surface area (Å²) in [5, 5.41) is -1.22. The molecule has 0 amide bonds. The first-order chi connectivity index (χ1) is 20.8. The van der Waals surface area contributed by atoms with Gasteiger partial charge in [0.15, 0.2) is 17.4 Å². The standard InChI is InChI=1S/C30H45F2NO9S/c1-23-21-26(31)29(27(32)22-23)33-43(35,36)28-7-3-2-6-25(28)30(34)24-5-4-9-37-11-13-39-15-17-41-19-20-42-18-16-40-14-12-38-10-8-24/h6,21-22,24,28,33H,2-5,7-20H2,1H3. The molecule has 0 bridgehead atoms. The number of sulfonamides is 1. The lowest BCUT2D eigenvalue weighted by Crippen LogP contribution is -2.36. The second-order valence-corrected chi connectivity index (χ2v) is 12.4. The maximum absolute atomic E-state index is 14.5. The number of carbonyl (C=O) groups excluding carboxylic acids is 1. The number of rotatable bonds is 5. The fourth-order valence-electron chi connectivity index (χ4n) is 4.94.